The van der Waals surface area contributed by atoms with Gasteiger partial charge in [-0.15, -0.1) is 11.8 Å². The topological polar surface area (TPSA) is 49.3 Å². The van der Waals surface area contributed by atoms with Crippen LogP contribution < -0.4 is 5.32 Å². The summed E-state index contributed by atoms with van der Waals surface area (Å²) in [4.78, 5) is 11.6. The van der Waals surface area contributed by atoms with Gasteiger partial charge in [-0.25, -0.2) is 0 Å². The number of hydrogen-bond acceptors (Lipinski definition) is 3. The van der Waals surface area contributed by atoms with Crippen LogP contribution in [0.4, 0.5) is 0 Å². The standard InChI is InChI=1S/C13H19NO2S/c1-13(2,3)17-9-12(16)14-8-10-5-4-6-11(15)7-10/h4-7,15H,8-9H2,1-3H3,(H,14,16). The average Bonchev–Trinajstić information content (AvgIpc) is 2.23. The summed E-state index contributed by atoms with van der Waals surface area (Å²) in [6.07, 6.45) is 0. The molecule has 0 atom stereocenters. The molecule has 0 spiro atoms. The fourth-order valence-electron chi connectivity index (χ4n) is 1.20. The number of benzene rings is 1. The minimum atomic E-state index is 0.0215. The number of thioether (sulfide) groups is 1. The van der Waals surface area contributed by atoms with Crippen LogP contribution in [0.2, 0.25) is 0 Å². The number of nitrogens with one attached hydrogen (secondary N) is 1. The van der Waals surface area contributed by atoms with E-state index in [9.17, 15) is 9.90 Å². The molecule has 1 amide bonds. The molecule has 17 heavy (non-hydrogen) atoms. The molecule has 3 nitrogen and oxygen atoms in total. The first-order valence-electron chi connectivity index (χ1n) is 5.55. The Balaban J connectivity index is 2.33. The number of hydrogen-bond donors (Lipinski definition) is 2. The van der Waals surface area contributed by atoms with Gasteiger partial charge in [-0.05, 0) is 17.7 Å². The number of rotatable bonds is 4. The highest BCUT2D eigenvalue weighted by atomic mass is 32.2. The monoisotopic (exact) mass is 253 g/mol. The van der Waals surface area contributed by atoms with Crippen molar-refractivity contribution in [2.24, 2.45) is 0 Å². The first-order valence-corrected chi connectivity index (χ1v) is 6.54. The SMILES string of the molecule is CC(C)(C)SCC(=O)NCc1cccc(O)c1. The Morgan fingerprint density at radius 1 is 1.41 bits per heavy atom. The Hall–Kier alpha value is -1.16. The third kappa shape index (κ3) is 6.22. The molecule has 0 fully saturated rings. The first kappa shape index (κ1) is 13.9. The van der Waals surface area contributed by atoms with Crippen molar-refractivity contribution in [1.82, 2.24) is 5.32 Å². The van der Waals surface area contributed by atoms with E-state index in [0.29, 0.717) is 12.3 Å². The van der Waals surface area contributed by atoms with Crippen molar-refractivity contribution in [1.29, 1.82) is 0 Å². The van der Waals surface area contributed by atoms with E-state index in [-0.39, 0.29) is 16.4 Å². The van der Waals surface area contributed by atoms with Crippen molar-refractivity contribution in [3.63, 3.8) is 0 Å². The minimum absolute atomic E-state index is 0.0215. The van der Waals surface area contributed by atoms with E-state index in [1.54, 1.807) is 30.0 Å². The third-order valence-electron chi connectivity index (χ3n) is 2.04. The fourth-order valence-corrected chi connectivity index (χ4v) is 1.87. The number of phenols is 1. The molecule has 4 heteroatoms. The quantitative estimate of drug-likeness (QED) is 0.867. The summed E-state index contributed by atoms with van der Waals surface area (Å²) in [5.74, 6) is 0.705. The minimum Gasteiger partial charge on any atom is -0.508 e. The Morgan fingerprint density at radius 3 is 2.71 bits per heavy atom. The highest BCUT2D eigenvalue weighted by Gasteiger charge is 2.12. The van der Waals surface area contributed by atoms with Crippen LogP contribution in [0, 0.1) is 0 Å². The predicted molar refractivity (Wildman–Crippen MR) is 72.2 cm³/mol. The van der Waals surface area contributed by atoms with E-state index in [4.69, 9.17) is 0 Å². The summed E-state index contributed by atoms with van der Waals surface area (Å²) in [6, 6.07) is 6.90. The summed E-state index contributed by atoms with van der Waals surface area (Å²) >= 11 is 1.62. The van der Waals surface area contributed by atoms with Crippen LogP contribution in [0.15, 0.2) is 24.3 Å². The zero-order valence-corrected chi connectivity index (χ0v) is 11.3. The predicted octanol–water partition coefficient (Wildman–Crippen LogP) is 2.54. The van der Waals surface area contributed by atoms with Crippen LogP contribution in [-0.2, 0) is 11.3 Å². The molecule has 0 bridgehead atoms. The van der Waals surface area contributed by atoms with E-state index in [2.05, 4.69) is 26.1 Å². The highest BCUT2D eigenvalue weighted by molar-refractivity contribution is 8.01. The Bertz CT molecular complexity index is 385. The van der Waals surface area contributed by atoms with Crippen molar-refractivity contribution in [2.45, 2.75) is 32.1 Å². The maximum atomic E-state index is 11.6. The van der Waals surface area contributed by atoms with Gasteiger partial charge < -0.3 is 10.4 Å². The van der Waals surface area contributed by atoms with E-state index in [1.807, 2.05) is 6.07 Å². The van der Waals surface area contributed by atoms with E-state index in [0.717, 1.165) is 5.56 Å². The molecular weight excluding hydrogens is 234 g/mol. The smallest absolute Gasteiger partial charge is 0.230 e. The molecule has 1 aromatic rings. The van der Waals surface area contributed by atoms with Gasteiger partial charge in [0.1, 0.15) is 5.75 Å². The molecule has 0 aliphatic rings. The molecule has 1 rings (SSSR count). The van der Waals surface area contributed by atoms with Gasteiger partial charge in [-0.3, -0.25) is 4.79 Å². The summed E-state index contributed by atoms with van der Waals surface area (Å²) in [7, 11) is 0. The van der Waals surface area contributed by atoms with Crippen LogP contribution >= 0.6 is 11.8 Å². The van der Waals surface area contributed by atoms with Crippen molar-refractivity contribution in [3.05, 3.63) is 29.8 Å². The van der Waals surface area contributed by atoms with Gasteiger partial charge in [0.25, 0.3) is 0 Å². The zero-order chi connectivity index (χ0) is 12.9. The number of aromatic hydroxyl groups is 1. The Labute approximate surface area is 107 Å². The molecular formula is C13H19NO2S. The van der Waals surface area contributed by atoms with E-state index in [1.165, 1.54) is 0 Å². The molecule has 0 heterocycles. The number of amides is 1. The summed E-state index contributed by atoms with van der Waals surface area (Å²) in [6.45, 7) is 6.71. The number of carbonyl (C=O) groups excluding carboxylic acids is 1. The molecule has 2 N–H and O–H groups in total. The molecule has 0 unspecified atom stereocenters. The highest BCUT2D eigenvalue weighted by Crippen LogP contribution is 2.22. The van der Waals surface area contributed by atoms with Crippen molar-refractivity contribution < 1.29 is 9.90 Å². The van der Waals surface area contributed by atoms with Gasteiger partial charge in [-0.2, -0.15) is 0 Å². The molecule has 0 saturated carbocycles. The maximum absolute atomic E-state index is 11.6. The summed E-state index contributed by atoms with van der Waals surface area (Å²) in [5, 5.41) is 12.1. The van der Waals surface area contributed by atoms with Gasteiger partial charge in [-0.1, -0.05) is 32.9 Å². The number of carbonyl (C=O) groups is 1. The lowest BCUT2D eigenvalue weighted by molar-refractivity contribution is -0.118. The molecule has 1 aromatic carbocycles. The van der Waals surface area contributed by atoms with E-state index < -0.39 is 0 Å². The fraction of sp³-hybridized carbons (Fsp3) is 0.462. The molecule has 0 aromatic heterocycles. The zero-order valence-electron chi connectivity index (χ0n) is 10.5. The van der Waals surface area contributed by atoms with Gasteiger partial charge in [0.15, 0.2) is 0 Å². The second kappa shape index (κ2) is 5.96. The molecule has 0 radical (unpaired) electrons. The van der Waals surface area contributed by atoms with E-state index >= 15 is 0 Å². The first-order chi connectivity index (χ1) is 7.87. The molecule has 0 aliphatic heterocycles. The largest absolute Gasteiger partial charge is 0.508 e. The van der Waals surface area contributed by atoms with Crippen LogP contribution in [0.3, 0.4) is 0 Å². The second-order valence-electron chi connectivity index (χ2n) is 4.85. The lowest BCUT2D eigenvalue weighted by Gasteiger charge is -2.16. The van der Waals surface area contributed by atoms with Gasteiger partial charge in [0.05, 0.1) is 5.75 Å². The molecule has 94 valence electrons. The molecule has 0 aliphatic carbocycles. The van der Waals surface area contributed by atoms with Crippen LogP contribution in [0.5, 0.6) is 5.75 Å². The maximum Gasteiger partial charge on any atom is 0.230 e. The second-order valence-corrected chi connectivity index (χ2v) is 6.65. The van der Waals surface area contributed by atoms with Crippen LogP contribution in [-0.4, -0.2) is 21.5 Å². The van der Waals surface area contributed by atoms with Crippen LogP contribution in [0.25, 0.3) is 0 Å². The van der Waals surface area contributed by atoms with Crippen molar-refractivity contribution in [3.8, 4) is 5.75 Å². The molecule has 0 saturated heterocycles. The van der Waals surface area contributed by atoms with Crippen molar-refractivity contribution >= 4 is 17.7 Å². The third-order valence-corrected chi connectivity index (χ3v) is 3.31. The normalized spacial score (nSPS) is 11.2. The Kier molecular flexibility index (Phi) is 4.87. The van der Waals surface area contributed by atoms with Crippen LogP contribution in [0.1, 0.15) is 26.3 Å². The average molecular weight is 253 g/mol. The number of phenolic OH excluding ortho intramolecular Hbond substituents is 1. The lowest BCUT2D eigenvalue weighted by Crippen LogP contribution is -2.26. The van der Waals surface area contributed by atoms with Gasteiger partial charge in [0, 0.05) is 11.3 Å². The Morgan fingerprint density at radius 2 is 2.12 bits per heavy atom. The van der Waals surface area contributed by atoms with Gasteiger partial charge in [0.2, 0.25) is 5.91 Å². The van der Waals surface area contributed by atoms with Gasteiger partial charge >= 0.3 is 0 Å². The van der Waals surface area contributed by atoms with Crippen molar-refractivity contribution in [2.75, 3.05) is 5.75 Å². The summed E-state index contributed by atoms with van der Waals surface area (Å²) < 4.78 is 0.0996. The lowest BCUT2D eigenvalue weighted by atomic mass is 10.2. The summed E-state index contributed by atoms with van der Waals surface area (Å²) in [5.41, 5.74) is 0.902.